The summed E-state index contributed by atoms with van der Waals surface area (Å²) in [5, 5.41) is 15.1. The number of nitro groups is 1. The lowest BCUT2D eigenvalue weighted by Crippen LogP contribution is -1.95. The molecular formula is C15H10ClN3O2. The number of nitrogens with one attached hydrogen (secondary N) is 1. The number of para-hydroxylation sites is 1. The number of halogens is 1. The van der Waals surface area contributed by atoms with Crippen LogP contribution >= 0.6 is 11.6 Å². The summed E-state index contributed by atoms with van der Waals surface area (Å²) in [5.74, 6) is 0. The number of anilines is 2. The molecule has 0 aliphatic heterocycles. The maximum atomic E-state index is 10.9. The molecule has 3 aromatic rings. The van der Waals surface area contributed by atoms with Crippen molar-refractivity contribution >= 4 is 39.6 Å². The van der Waals surface area contributed by atoms with Gasteiger partial charge >= 0.3 is 0 Å². The number of nitro benzene ring substituents is 1. The average molecular weight is 300 g/mol. The van der Waals surface area contributed by atoms with Gasteiger partial charge in [0.2, 0.25) is 0 Å². The number of nitrogens with zero attached hydrogens (tertiary/aromatic N) is 2. The van der Waals surface area contributed by atoms with E-state index in [1.165, 1.54) is 12.1 Å². The molecule has 0 unspecified atom stereocenters. The Labute approximate surface area is 125 Å². The molecule has 0 fully saturated rings. The van der Waals surface area contributed by atoms with Crippen LogP contribution in [0.5, 0.6) is 0 Å². The molecule has 6 heteroatoms. The van der Waals surface area contributed by atoms with Crippen molar-refractivity contribution in [2.45, 2.75) is 0 Å². The number of fused-ring (bicyclic) bond motifs is 1. The molecule has 21 heavy (non-hydrogen) atoms. The second-order valence-electron chi connectivity index (χ2n) is 4.42. The van der Waals surface area contributed by atoms with E-state index >= 15 is 0 Å². The first-order valence-electron chi connectivity index (χ1n) is 6.20. The maximum absolute atomic E-state index is 10.9. The summed E-state index contributed by atoms with van der Waals surface area (Å²) in [4.78, 5) is 14.7. The van der Waals surface area contributed by atoms with Crippen molar-refractivity contribution in [2.75, 3.05) is 5.32 Å². The van der Waals surface area contributed by atoms with Crippen LogP contribution in [0, 0.1) is 10.1 Å². The average Bonchev–Trinajstić information content (AvgIpc) is 2.49. The first-order valence-corrected chi connectivity index (χ1v) is 6.57. The van der Waals surface area contributed by atoms with Gasteiger partial charge in [-0.1, -0.05) is 29.8 Å². The fraction of sp³-hybridized carbons (Fsp3) is 0. The molecule has 1 heterocycles. The SMILES string of the molecule is O=[N+]([O-])c1cc(Nc2ccnc3ccccc23)ccc1Cl. The van der Waals surface area contributed by atoms with Gasteiger partial charge in [-0.15, -0.1) is 0 Å². The van der Waals surface area contributed by atoms with E-state index in [0.717, 1.165) is 16.6 Å². The van der Waals surface area contributed by atoms with Crippen LogP contribution in [0.3, 0.4) is 0 Å². The second-order valence-corrected chi connectivity index (χ2v) is 4.83. The van der Waals surface area contributed by atoms with Crippen LogP contribution < -0.4 is 5.32 Å². The molecule has 2 aromatic carbocycles. The third-order valence-electron chi connectivity index (χ3n) is 3.07. The number of benzene rings is 2. The van der Waals surface area contributed by atoms with E-state index in [4.69, 9.17) is 11.6 Å². The van der Waals surface area contributed by atoms with Crippen molar-refractivity contribution in [3.05, 3.63) is 69.9 Å². The predicted octanol–water partition coefficient (Wildman–Crippen LogP) is 4.54. The predicted molar refractivity (Wildman–Crippen MR) is 83.1 cm³/mol. The Balaban J connectivity index is 2.03. The molecule has 1 N–H and O–H groups in total. The fourth-order valence-corrected chi connectivity index (χ4v) is 2.28. The first kappa shape index (κ1) is 13.3. The van der Waals surface area contributed by atoms with Crippen LogP contribution in [0.2, 0.25) is 5.02 Å². The lowest BCUT2D eigenvalue weighted by atomic mass is 10.2. The number of pyridine rings is 1. The van der Waals surface area contributed by atoms with Crippen molar-refractivity contribution < 1.29 is 4.92 Å². The number of hydrogen-bond acceptors (Lipinski definition) is 4. The van der Waals surface area contributed by atoms with E-state index in [1.54, 1.807) is 12.3 Å². The number of hydrogen-bond donors (Lipinski definition) is 1. The summed E-state index contributed by atoms with van der Waals surface area (Å²) in [5.41, 5.74) is 2.16. The molecule has 0 saturated carbocycles. The minimum atomic E-state index is -0.502. The Morgan fingerprint density at radius 3 is 2.76 bits per heavy atom. The van der Waals surface area contributed by atoms with Crippen molar-refractivity contribution in [1.29, 1.82) is 0 Å². The van der Waals surface area contributed by atoms with Gasteiger partial charge in [0.05, 0.1) is 10.4 Å². The van der Waals surface area contributed by atoms with Crippen molar-refractivity contribution in [3.63, 3.8) is 0 Å². The fourth-order valence-electron chi connectivity index (χ4n) is 2.09. The maximum Gasteiger partial charge on any atom is 0.289 e. The molecule has 104 valence electrons. The first-order chi connectivity index (χ1) is 10.1. The van der Waals surface area contributed by atoms with Gasteiger partial charge in [0.25, 0.3) is 5.69 Å². The number of rotatable bonds is 3. The summed E-state index contributed by atoms with van der Waals surface area (Å²) in [6.45, 7) is 0. The standard InChI is InChI=1S/C15H10ClN3O2/c16-12-6-5-10(9-15(12)19(20)21)18-14-7-8-17-13-4-2-1-3-11(13)14/h1-9H,(H,17,18). The van der Waals surface area contributed by atoms with Gasteiger partial charge < -0.3 is 5.32 Å². The third kappa shape index (κ3) is 2.64. The van der Waals surface area contributed by atoms with E-state index in [0.29, 0.717) is 5.69 Å². The third-order valence-corrected chi connectivity index (χ3v) is 3.39. The highest BCUT2D eigenvalue weighted by Crippen LogP contribution is 2.30. The molecule has 5 nitrogen and oxygen atoms in total. The molecule has 0 atom stereocenters. The zero-order chi connectivity index (χ0) is 14.8. The van der Waals surface area contributed by atoms with E-state index < -0.39 is 4.92 Å². The van der Waals surface area contributed by atoms with E-state index in [1.807, 2.05) is 30.3 Å². The largest absolute Gasteiger partial charge is 0.355 e. The highest BCUT2D eigenvalue weighted by Gasteiger charge is 2.13. The lowest BCUT2D eigenvalue weighted by molar-refractivity contribution is -0.384. The minimum absolute atomic E-state index is 0.116. The highest BCUT2D eigenvalue weighted by atomic mass is 35.5. The molecule has 0 amide bonds. The Kier molecular flexibility index (Phi) is 3.41. The molecule has 0 spiro atoms. The number of aromatic nitrogens is 1. The summed E-state index contributed by atoms with van der Waals surface area (Å²) in [6.07, 6.45) is 1.69. The lowest BCUT2D eigenvalue weighted by Gasteiger charge is -2.09. The van der Waals surface area contributed by atoms with E-state index in [-0.39, 0.29) is 10.7 Å². The summed E-state index contributed by atoms with van der Waals surface area (Å²) in [6, 6.07) is 14.1. The van der Waals surface area contributed by atoms with Crippen molar-refractivity contribution in [2.24, 2.45) is 0 Å². The van der Waals surface area contributed by atoms with Crippen molar-refractivity contribution in [1.82, 2.24) is 4.98 Å². The van der Waals surface area contributed by atoms with Gasteiger partial charge in [-0.05, 0) is 24.3 Å². The van der Waals surface area contributed by atoms with Crippen LogP contribution in [0.4, 0.5) is 17.1 Å². The topological polar surface area (TPSA) is 68.1 Å². The van der Waals surface area contributed by atoms with E-state index in [2.05, 4.69) is 10.3 Å². The van der Waals surface area contributed by atoms with Crippen LogP contribution in [0.25, 0.3) is 10.9 Å². The quantitative estimate of drug-likeness (QED) is 0.569. The summed E-state index contributed by atoms with van der Waals surface area (Å²) >= 11 is 5.81. The molecule has 3 rings (SSSR count). The van der Waals surface area contributed by atoms with Gasteiger partial charge in [0.1, 0.15) is 5.02 Å². The van der Waals surface area contributed by atoms with Gasteiger partial charge in [0.15, 0.2) is 0 Å². The highest BCUT2D eigenvalue weighted by molar-refractivity contribution is 6.32. The normalized spacial score (nSPS) is 10.5. The summed E-state index contributed by atoms with van der Waals surface area (Å²) in [7, 11) is 0. The van der Waals surface area contributed by atoms with Crippen LogP contribution in [0.15, 0.2) is 54.7 Å². The zero-order valence-corrected chi connectivity index (χ0v) is 11.5. The minimum Gasteiger partial charge on any atom is -0.355 e. The molecule has 0 saturated heterocycles. The Morgan fingerprint density at radius 1 is 1.14 bits per heavy atom. The van der Waals surface area contributed by atoms with Crippen LogP contribution in [0.1, 0.15) is 0 Å². The smallest absolute Gasteiger partial charge is 0.289 e. The van der Waals surface area contributed by atoms with Gasteiger partial charge in [-0.2, -0.15) is 0 Å². The van der Waals surface area contributed by atoms with Gasteiger partial charge in [0, 0.05) is 29.0 Å². The molecule has 0 bridgehead atoms. The molecule has 1 aromatic heterocycles. The van der Waals surface area contributed by atoms with Gasteiger partial charge in [-0.3, -0.25) is 15.1 Å². The van der Waals surface area contributed by atoms with Crippen molar-refractivity contribution in [3.8, 4) is 0 Å². The molecular weight excluding hydrogens is 290 g/mol. The monoisotopic (exact) mass is 299 g/mol. The molecule has 0 aliphatic carbocycles. The van der Waals surface area contributed by atoms with Crippen LogP contribution in [-0.2, 0) is 0 Å². The van der Waals surface area contributed by atoms with Crippen LogP contribution in [-0.4, -0.2) is 9.91 Å². The zero-order valence-electron chi connectivity index (χ0n) is 10.8. The second kappa shape index (κ2) is 5.38. The van der Waals surface area contributed by atoms with E-state index in [9.17, 15) is 10.1 Å². The molecule has 0 aliphatic rings. The Bertz CT molecular complexity index is 831. The van der Waals surface area contributed by atoms with Gasteiger partial charge in [-0.25, -0.2) is 0 Å². The Morgan fingerprint density at radius 2 is 1.95 bits per heavy atom. The molecule has 0 radical (unpaired) electrons. The Hall–Kier alpha value is -2.66. The summed E-state index contributed by atoms with van der Waals surface area (Å²) < 4.78 is 0.